The van der Waals surface area contributed by atoms with Gasteiger partial charge in [0, 0.05) is 0 Å². The molecular weight excluding hydrogens is 203 g/mol. The second-order valence-electron chi connectivity index (χ2n) is 4.36. The second-order valence-corrected chi connectivity index (χ2v) is 9.93. The van der Waals surface area contributed by atoms with Gasteiger partial charge < -0.3 is 0 Å². The molecule has 0 saturated heterocycles. The molecule has 0 aromatic heterocycles. The first-order chi connectivity index (χ1) is 7.09. The Morgan fingerprint density at radius 1 is 1.00 bits per heavy atom. The Bertz CT molecular complexity index is 304. The Morgan fingerprint density at radius 3 is 1.93 bits per heavy atom. The van der Waals surface area contributed by atoms with Gasteiger partial charge in [-0.05, 0) is 0 Å². The predicted molar refractivity (Wildman–Crippen MR) is 71.5 cm³/mol. The molecule has 0 spiro atoms. The molecule has 0 unspecified atom stereocenters. The van der Waals surface area contributed by atoms with Crippen molar-refractivity contribution < 1.29 is 4.89 Å². The zero-order valence-corrected chi connectivity index (χ0v) is 11.0. The van der Waals surface area contributed by atoms with Gasteiger partial charge in [0.15, 0.2) is 0 Å². The van der Waals surface area contributed by atoms with Crippen molar-refractivity contribution in [3.63, 3.8) is 0 Å². The van der Waals surface area contributed by atoms with Crippen molar-refractivity contribution in [2.24, 2.45) is 0 Å². The first-order valence-electron chi connectivity index (χ1n) is 5.90. The molecule has 2 heteroatoms. The van der Waals surface area contributed by atoms with Crippen LogP contribution in [0.1, 0.15) is 27.2 Å². The van der Waals surface area contributed by atoms with Crippen LogP contribution in [-0.2, 0) is 0 Å². The summed E-state index contributed by atoms with van der Waals surface area (Å²) in [6.07, 6.45) is 3.83. The van der Waals surface area contributed by atoms with Crippen LogP contribution in [0.3, 0.4) is 0 Å². The van der Waals surface area contributed by atoms with Crippen molar-refractivity contribution >= 4 is 12.1 Å². The monoisotopic (exact) mass is 226 g/mol. The summed E-state index contributed by atoms with van der Waals surface area (Å²) < 4.78 is 0. The molecular formula is C13H23OP. The summed E-state index contributed by atoms with van der Waals surface area (Å²) in [5, 5.41) is 1.19. The molecule has 0 heterocycles. The first kappa shape index (κ1) is 12.7. The number of rotatable bonds is 5. The molecule has 0 saturated carbocycles. The van der Waals surface area contributed by atoms with Crippen molar-refractivity contribution in [2.45, 2.75) is 27.2 Å². The van der Waals surface area contributed by atoms with Crippen molar-refractivity contribution in [1.82, 2.24) is 0 Å². The summed E-state index contributed by atoms with van der Waals surface area (Å²) in [4.78, 5) is 11.2. The topological polar surface area (TPSA) is 20.2 Å². The van der Waals surface area contributed by atoms with Crippen LogP contribution in [0, 0.1) is 0 Å². The molecule has 0 fully saturated rings. The molecule has 0 aliphatic heterocycles. The van der Waals surface area contributed by atoms with Crippen LogP contribution in [0.15, 0.2) is 30.3 Å². The van der Waals surface area contributed by atoms with Crippen LogP contribution >= 0.6 is 6.83 Å². The fourth-order valence-corrected chi connectivity index (χ4v) is 6.44. The van der Waals surface area contributed by atoms with Gasteiger partial charge in [-0.25, -0.2) is 0 Å². The summed E-state index contributed by atoms with van der Waals surface area (Å²) in [6.45, 7) is 3.82. The van der Waals surface area contributed by atoms with E-state index in [1.807, 2.05) is 18.2 Å². The van der Waals surface area contributed by atoms with E-state index in [9.17, 15) is 4.89 Å². The van der Waals surface area contributed by atoms with E-state index in [0.29, 0.717) is 0 Å². The van der Waals surface area contributed by atoms with Gasteiger partial charge in [-0.1, -0.05) is 0 Å². The van der Waals surface area contributed by atoms with Gasteiger partial charge in [-0.3, -0.25) is 0 Å². The zero-order valence-electron chi connectivity index (χ0n) is 10.1. The summed E-state index contributed by atoms with van der Waals surface area (Å²) in [5.41, 5.74) is 0. The van der Waals surface area contributed by atoms with Gasteiger partial charge in [0.1, 0.15) is 0 Å². The molecule has 15 heavy (non-hydrogen) atoms. The quantitative estimate of drug-likeness (QED) is 0.764. The van der Waals surface area contributed by atoms with Gasteiger partial charge in [-0.15, -0.1) is 0 Å². The van der Waals surface area contributed by atoms with Gasteiger partial charge in [0.05, 0.1) is 0 Å². The van der Waals surface area contributed by atoms with Crippen LogP contribution in [0.2, 0.25) is 0 Å². The summed E-state index contributed by atoms with van der Waals surface area (Å²) in [6, 6.07) is 10.3. The molecule has 0 amide bonds. The van der Waals surface area contributed by atoms with Crippen LogP contribution in [-0.4, -0.2) is 23.4 Å². The fourth-order valence-electron chi connectivity index (χ4n) is 2.37. The maximum atomic E-state index is 11.2. The van der Waals surface area contributed by atoms with Crippen LogP contribution in [0.5, 0.6) is 0 Å². The summed E-state index contributed by atoms with van der Waals surface area (Å²) in [7, 11) is 0. The third-order valence-electron chi connectivity index (χ3n) is 3.66. The Kier molecular flexibility index (Phi) is 3.92. The average Bonchev–Trinajstić information content (AvgIpc) is 2.31. The molecule has 86 valence electrons. The van der Waals surface area contributed by atoms with E-state index in [4.69, 9.17) is 0 Å². The Labute approximate surface area is 93.5 Å². The van der Waals surface area contributed by atoms with Crippen LogP contribution in [0.25, 0.3) is 0 Å². The molecule has 0 atom stereocenters. The van der Waals surface area contributed by atoms with Gasteiger partial charge >= 0.3 is 93.0 Å². The molecule has 1 aromatic rings. The predicted octanol–water partition coefficient (Wildman–Crippen LogP) is 3.22. The number of benzene rings is 1. The first-order valence-corrected chi connectivity index (χ1v) is 8.65. The van der Waals surface area contributed by atoms with Crippen molar-refractivity contribution in [1.29, 1.82) is 0 Å². The standard InChI is InChI=1S/C13H23OP/c1-4-12-15(14,5-2,6-3)13-10-8-7-9-11-13/h7-11,14H,4-6,12H2,1-3H3. The molecule has 0 aliphatic rings. The molecule has 0 bridgehead atoms. The van der Waals surface area contributed by atoms with Crippen molar-refractivity contribution in [2.75, 3.05) is 18.5 Å². The maximum absolute atomic E-state index is 11.2. The zero-order chi connectivity index (χ0) is 11.4. The van der Waals surface area contributed by atoms with E-state index in [2.05, 4.69) is 32.9 Å². The molecule has 1 rings (SSSR count). The Morgan fingerprint density at radius 2 is 1.53 bits per heavy atom. The van der Waals surface area contributed by atoms with E-state index in [1.54, 1.807) is 0 Å². The van der Waals surface area contributed by atoms with Gasteiger partial charge in [0.25, 0.3) is 0 Å². The summed E-state index contributed by atoms with van der Waals surface area (Å²) >= 11 is 0. The van der Waals surface area contributed by atoms with Gasteiger partial charge in [-0.2, -0.15) is 0 Å². The van der Waals surface area contributed by atoms with E-state index < -0.39 is 6.83 Å². The molecule has 1 N–H and O–H groups in total. The van der Waals surface area contributed by atoms with Crippen molar-refractivity contribution in [3.8, 4) is 0 Å². The molecule has 1 nitrogen and oxygen atoms in total. The van der Waals surface area contributed by atoms with E-state index in [1.165, 1.54) is 5.30 Å². The minimum absolute atomic E-state index is 0.903. The van der Waals surface area contributed by atoms with Crippen LogP contribution < -0.4 is 5.30 Å². The van der Waals surface area contributed by atoms with Crippen molar-refractivity contribution in [3.05, 3.63) is 30.3 Å². The second kappa shape index (κ2) is 4.63. The van der Waals surface area contributed by atoms with E-state index in [0.717, 1.165) is 24.9 Å². The Hall–Kier alpha value is -0.390. The summed E-state index contributed by atoms with van der Waals surface area (Å²) in [5.74, 6) is 0. The third kappa shape index (κ3) is 2.24. The minimum atomic E-state index is -2.60. The number of hydrogen-bond donors (Lipinski definition) is 1. The van der Waals surface area contributed by atoms with E-state index in [-0.39, 0.29) is 0 Å². The SMILES string of the molecule is CCCP(O)(CC)(CC)c1ccccc1. The van der Waals surface area contributed by atoms with Gasteiger partial charge in [0.2, 0.25) is 0 Å². The van der Waals surface area contributed by atoms with E-state index >= 15 is 0 Å². The average molecular weight is 226 g/mol. The third-order valence-corrected chi connectivity index (χ3v) is 9.78. The normalized spacial score (nSPS) is 14.5. The van der Waals surface area contributed by atoms with Crippen LogP contribution in [0.4, 0.5) is 0 Å². The molecule has 0 aliphatic carbocycles. The fraction of sp³-hybridized carbons (Fsp3) is 0.538. The molecule has 1 aromatic carbocycles. The Balaban J connectivity index is 3.22. The molecule has 0 radical (unpaired) electrons. The number of hydrogen-bond acceptors (Lipinski definition) is 1.